The molecule has 160 valence electrons. The van der Waals surface area contributed by atoms with E-state index in [-0.39, 0.29) is 11.9 Å². The maximum Gasteiger partial charge on any atom is 0.321 e. The SMILES string of the molecule is Cc1ccsc1-c1cccc(NC(=O)N2CCN(CC(=O)N3CCCCC3)CC2)c1. The van der Waals surface area contributed by atoms with Crippen LogP contribution in [0.3, 0.4) is 0 Å². The van der Waals surface area contributed by atoms with E-state index in [0.29, 0.717) is 19.6 Å². The van der Waals surface area contributed by atoms with Gasteiger partial charge in [-0.15, -0.1) is 11.3 Å². The fourth-order valence-corrected chi connectivity index (χ4v) is 5.08. The van der Waals surface area contributed by atoms with Gasteiger partial charge in [-0.25, -0.2) is 4.79 Å². The zero-order valence-corrected chi connectivity index (χ0v) is 18.4. The van der Waals surface area contributed by atoms with Crippen LogP contribution >= 0.6 is 11.3 Å². The lowest BCUT2D eigenvalue weighted by Crippen LogP contribution is -2.52. The molecule has 4 rings (SSSR count). The molecule has 30 heavy (non-hydrogen) atoms. The number of carbonyl (C=O) groups excluding carboxylic acids is 2. The molecule has 0 bridgehead atoms. The van der Waals surface area contributed by atoms with Gasteiger partial charge in [-0.2, -0.15) is 0 Å². The molecule has 2 aliphatic rings. The molecular formula is C23H30N4O2S. The number of nitrogens with zero attached hydrogens (tertiary/aromatic N) is 3. The minimum atomic E-state index is -0.0722. The van der Waals surface area contributed by atoms with Gasteiger partial charge in [-0.05, 0) is 60.9 Å². The highest BCUT2D eigenvalue weighted by Gasteiger charge is 2.25. The average Bonchev–Trinajstić information content (AvgIpc) is 3.21. The van der Waals surface area contributed by atoms with Crippen molar-refractivity contribution in [1.82, 2.24) is 14.7 Å². The third-order valence-electron chi connectivity index (χ3n) is 5.97. The van der Waals surface area contributed by atoms with Crippen LogP contribution < -0.4 is 5.32 Å². The normalized spacial score (nSPS) is 17.8. The number of piperazine rings is 1. The predicted molar refractivity (Wildman–Crippen MR) is 122 cm³/mol. The minimum Gasteiger partial charge on any atom is -0.342 e. The van der Waals surface area contributed by atoms with E-state index in [4.69, 9.17) is 0 Å². The minimum absolute atomic E-state index is 0.0722. The van der Waals surface area contributed by atoms with Crippen LogP contribution in [0.1, 0.15) is 24.8 Å². The molecule has 2 aliphatic heterocycles. The number of nitrogens with one attached hydrogen (secondary N) is 1. The summed E-state index contributed by atoms with van der Waals surface area (Å²) in [7, 11) is 0. The standard InChI is InChI=1S/C23H30N4O2S/c1-18-8-15-30-22(18)19-6-5-7-20(16-19)24-23(29)27-13-11-25(12-14-27)17-21(28)26-9-3-2-4-10-26/h5-8,15-16H,2-4,9-14,17H2,1H3,(H,24,29). The molecule has 0 unspecified atom stereocenters. The number of hydrogen-bond donors (Lipinski definition) is 1. The van der Waals surface area contributed by atoms with E-state index >= 15 is 0 Å². The first kappa shape index (κ1) is 20.9. The molecule has 1 N–H and O–H groups in total. The maximum atomic E-state index is 12.7. The average molecular weight is 427 g/mol. The number of likely N-dealkylation sites (tertiary alicyclic amines) is 1. The Morgan fingerprint density at radius 1 is 0.967 bits per heavy atom. The van der Waals surface area contributed by atoms with Crippen molar-refractivity contribution < 1.29 is 9.59 Å². The highest BCUT2D eigenvalue weighted by Crippen LogP contribution is 2.30. The summed E-state index contributed by atoms with van der Waals surface area (Å²) < 4.78 is 0. The fourth-order valence-electron chi connectivity index (χ4n) is 4.15. The number of rotatable bonds is 4. The van der Waals surface area contributed by atoms with Crippen LogP contribution in [0.25, 0.3) is 10.4 Å². The fraction of sp³-hybridized carbons (Fsp3) is 0.478. The van der Waals surface area contributed by atoms with Crippen molar-refractivity contribution in [3.63, 3.8) is 0 Å². The second-order valence-electron chi connectivity index (χ2n) is 8.15. The highest BCUT2D eigenvalue weighted by atomic mass is 32.1. The Morgan fingerprint density at radius 3 is 2.43 bits per heavy atom. The smallest absolute Gasteiger partial charge is 0.321 e. The molecule has 3 heterocycles. The Kier molecular flexibility index (Phi) is 6.69. The summed E-state index contributed by atoms with van der Waals surface area (Å²) in [5.74, 6) is 0.230. The summed E-state index contributed by atoms with van der Waals surface area (Å²) >= 11 is 1.71. The third-order valence-corrected chi connectivity index (χ3v) is 7.03. The Balaban J connectivity index is 1.27. The number of benzene rings is 1. The quantitative estimate of drug-likeness (QED) is 0.807. The van der Waals surface area contributed by atoms with Crippen molar-refractivity contribution in [2.24, 2.45) is 0 Å². The van der Waals surface area contributed by atoms with Crippen molar-refractivity contribution in [3.8, 4) is 10.4 Å². The monoisotopic (exact) mass is 426 g/mol. The lowest BCUT2D eigenvalue weighted by Gasteiger charge is -2.36. The topological polar surface area (TPSA) is 55.9 Å². The van der Waals surface area contributed by atoms with Crippen LogP contribution in [-0.4, -0.2) is 72.5 Å². The number of urea groups is 1. The molecule has 0 saturated carbocycles. The number of thiophene rings is 1. The lowest BCUT2D eigenvalue weighted by atomic mass is 10.1. The van der Waals surface area contributed by atoms with Crippen LogP contribution in [0.5, 0.6) is 0 Å². The molecular weight excluding hydrogens is 396 g/mol. The van der Waals surface area contributed by atoms with Gasteiger partial charge in [0, 0.05) is 49.8 Å². The second-order valence-corrected chi connectivity index (χ2v) is 9.06. The van der Waals surface area contributed by atoms with Crippen LogP contribution in [0, 0.1) is 6.92 Å². The van der Waals surface area contributed by atoms with E-state index in [1.54, 1.807) is 11.3 Å². The number of aryl methyl sites for hydroxylation is 1. The molecule has 6 nitrogen and oxygen atoms in total. The van der Waals surface area contributed by atoms with Gasteiger partial charge in [-0.1, -0.05) is 12.1 Å². The Hall–Kier alpha value is -2.38. The van der Waals surface area contributed by atoms with Crippen molar-refractivity contribution in [1.29, 1.82) is 0 Å². The first-order chi connectivity index (χ1) is 14.6. The molecule has 2 fully saturated rings. The molecule has 1 aromatic carbocycles. The van der Waals surface area contributed by atoms with Gasteiger partial charge in [0.05, 0.1) is 6.54 Å². The van der Waals surface area contributed by atoms with E-state index in [1.165, 1.54) is 16.9 Å². The van der Waals surface area contributed by atoms with E-state index in [1.807, 2.05) is 28.0 Å². The van der Waals surface area contributed by atoms with Crippen LogP contribution in [0.15, 0.2) is 35.7 Å². The van der Waals surface area contributed by atoms with E-state index in [9.17, 15) is 9.59 Å². The number of hydrogen-bond acceptors (Lipinski definition) is 4. The Bertz CT molecular complexity index is 883. The highest BCUT2D eigenvalue weighted by molar-refractivity contribution is 7.13. The zero-order valence-electron chi connectivity index (χ0n) is 17.6. The second kappa shape index (κ2) is 9.62. The van der Waals surface area contributed by atoms with Crippen molar-refractivity contribution in [3.05, 3.63) is 41.3 Å². The van der Waals surface area contributed by atoms with Gasteiger partial charge in [0.25, 0.3) is 0 Å². The number of anilines is 1. The molecule has 2 saturated heterocycles. The van der Waals surface area contributed by atoms with Gasteiger partial charge >= 0.3 is 6.03 Å². The summed E-state index contributed by atoms with van der Waals surface area (Å²) in [6.45, 7) is 7.12. The van der Waals surface area contributed by atoms with E-state index < -0.39 is 0 Å². The van der Waals surface area contributed by atoms with Gasteiger partial charge in [0.2, 0.25) is 5.91 Å². The molecule has 0 spiro atoms. The number of amides is 3. The Labute approximate surface area is 182 Å². The molecule has 0 radical (unpaired) electrons. The molecule has 0 aliphatic carbocycles. The molecule has 3 amide bonds. The van der Waals surface area contributed by atoms with Crippen molar-refractivity contribution in [2.45, 2.75) is 26.2 Å². The van der Waals surface area contributed by atoms with Gasteiger partial charge in [0.1, 0.15) is 0 Å². The van der Waals surface area contributed by atoms with Crippen LogP contribution in [0.2, 0.25) is 0 Å². The van der Waals surface area contributed by atoms with Gasteiger partial charge in [-0.3, -0.25) is 9.69 Å². The predicted octanol–water partition coefficient (Wildman–Crippen LogP) is 3.89. The molecule has 2 aromatic rings. The molecule has 0 atom stereocenters. The number of piperidine rings is 1. The largest absolute Gasteiger partial charge is 0.342 e. The summed E-state index contributed by atoms with van der Waals surface area (Å²) in [5.41, 5.74) is 3.19. The van der Waals surface area contributed by atoms with Crippen molar-refractivity contribution in [2.75, 3.05) is 51.1 Å². The summed E-state index contributed by atoms with van der Waals surface area (Å²) in [6.07, 6.45) is 3.47. The van der Waals surface area contributed by atoms with Gasteiger partial charge < -0.3 is 15.1 Å². The third kappa shape index (κ3) is 5.02. The Morgan fingerprint density at radius 2 is 1.73 bits per heavy atom. The van der Waals surface area contributed by atoms with Gasteiger partial charge in [0.15, 0.2) is 0 Å². The lowest BCUT2D eigenvalue weighted by molar-refractivity contribution is -0.133. The van der Waals surface area contributed by atoms with Crippen LogP contribution in [0.4, 0.5) is 10.5 Å². The first-order valence-electron chi connectivity index (χ1n) is 10.8. The zero-order chi connectivity index (χ0) is 20.9. The first-order valence-corrected chi connectivity index (χ1v) is 11.7. The van der Waals surface area contributed by atoms with E-state index in [0.717, 1.165) is 50.3 Å². The van der Waals surface area contributed by atoms with Crippen LogP contribution in [-0.2, 0) is 4.79 Å². The summed E-state index contributed by atoms with van der Waals surface area (Å²) in [6, 6.07) is 10.1. The molecule has 1 aromatic heterocycles. The van der Waals surface area contributed by atoms with E-state index in [2.05, 4.69) is 34.7 Å². The summed E-state index contributed by atoms with van der Waals surface area (Å²) in [5, 5.41) is 5.13. The van der Waals surface area contributed by atoms with Crippen molar-refractivity contribution >= 4 is 29.0 Å². The summed E-state index contributed by atoms with van der Waals surface area (Å²) in [4.78, 5) is 32.4. The number of carbonyl (C=O) groups is 2. The maximum absolute atomic E-state index is 12.7. The molecule has 7 heteroatoms.